The van der Waals surface area contributed by atoms with E-state index in [4.69, 9.17) is 0 Å². The quantitative estimate of drug-likeness (QED) is 0.221. The van der Waals surface area contributed by atoms with Crippen LogP contribution in [-0.4, -0.2) is 0 Å². The Morgan fingerprint density at radius 2 is 0.826 bits per heavy atom. The zero-order valence-corrected chi connectivity index (χ0v) is 17.2. The number of hydrogen-bond acceptors (Lipinski definition) is 0. The van der Waals surface area contributed by atoms with E-state index in [9.17, 15) is 0 Å². The minimum Gasteiger partial charge on any atom is -0.0654 e. The summed E-state index contributed by atoms with van der Waals surface area (Å²) >= 11 is 0. The van der Waals surface area contributed by atoms with Crippen LogP contribution in [0.3, 0.4) is 0 Å². The molecule has 140 valence electrons. The lowest BCUT2D eigenvalue weighted by atomic mass is 9.86. The van der Waals surface area contributed by atoms with E-state index in [1.54, 1.807) is 0 Å². The van der Waals surface area contributed by atoms with Crippen LogP contribution in [0.1, 0.15) is 137 Å². The molecule has 0 heterocycles. The fourth-order valence-corrected chi connectivity index (χ4v) is 3.78. The van der Waals surface area contributed by atoms with Gasteiger partial charge >= 0.3 is 0 Å². The molecular weight excluding hydrogens is 276 g/mol. The van der Waals surface area contributed by atoms with E-state index in [0.29, 0.717) is 0 Å². The molecule has 0 nitrogen and oxygen atoms in total. The summed E-state index contributed by atoms with van der Waals surface area (Å²) in [6.07, 6.45) is 24.8. The maximum atomic E-state index is 2.41. The summed E-state index contributed by atoms with van der Waals surface area (Å²) in [7, 11) is 0. The van der Waals surface area contributed by atoms with Crippen LogP contribution in [-0.2, 0) is 0 Å². The molecule has 0 amide bonds. The zero-order valence-electron chi connectivity index (χ0n) is 17.2. The Hall–Kier alpha value is 0. The van der Waals surface area contributed by atoms with Gasteiger partial charge in [-0.25, -0.2) is 0 Å². The Morgan fingerprint density at radius 3 is 1.17 bits per heavy atom. The first kappa shape index (κ1) is 23.0. The molecule has 0 saturated heterocycles. The van der Waals surface area contributed by atoms with Gasteiger partial charge in [0.25, 0.3) is 0 Å². The number of rotatable bonds is 18. The van der Waals surface area contributed by atoms with E-state index < -0.39 is 0 Å². The topological polar surface area (TPSA) is 0 Å². The molecule has 0 radical (unpaired) electrons. The third-order valence-electron chi connectivity index (χ3n) is 5.53. The van der Waals surface area contributed by atoms with Gasteiger partial charge in [0.15, 0.2) is 0 Å². The van der Waals surface area contributed by atoms with Gasteiger partial charge < -0.3 is 0 Å². The highest BCUT2D eigenvalue weighted by Crippen LogP contribution is 2.24. The summed E-state index contributed by atoms with van der Waals surface area (Å²) in [4.78, 5) is 0. The minimum atomic E-state index is 0.886. The minimum absolute atomic E-state index is 0.886. The predicted octanol–water partition coefficient (Wildman–Crippen LogP) is 8.93. The normalized spacial score (nSPS) is 12.9. The predicted molar refractivity (Wildman–Crippen MR) is 108 cm³/mol. The monoisotopic (exact) mass is 324 g/mol. The van der Waals surface area contributed by atoms with Crippen LogP contribution in [0.15, 0.2) is 0 Å². The highest BCUT2D eigenvalue weighted by Gasteiger charge is 2.11. The van der Waals surface area contributed by atoms with Crippen LogP contribution in [0, 0.1) is 11.8 Å². The van der Waals surface area contributed by atoms with Crippen LogP contribution in [0.2, 0.25) is 0 Å². The van der Waals surface area contributed by atoms with Crippen molar-refractivity contribution in [2.75, 3.05) is 0 Å². The van der Waals surface area contributed by atoms with Gasteiger partial charge in [-0.3, -0.25) is 0 Å². The molecule has 0 aromatic rings. The first-order valence-electron chi connectivity index (χ1n) is 11.2. The van der Waals surface area contributed by atoms with Crippen molar-refractivity contribution < 1.29 is 0 Å². The third-order valence-corrected chi connectivity index (χ3v) is 5.53. The lowest BCUT2D eigenvalue weighted by Gasteiger charge is -2.19. The highest BCUT2D eigenvalue weighted by molar-refractivity contribution is 4.63. The Morgan fingerprint density at radius 1 is 0.435 bits per heavy atom. The van der Waals surface area contributed by atoms with E-state index in [2.05, 4.69) is 27.7 Å². The molecular formula is C23H48. The van der Waals surface area contributed by atoms with Crippen LogP contribution in [0.5, 0.6) is 0 Å². The molecule has 0 aliphatic rings. The molecule has 0 bridgehead atoms. The van der Waals surface area contributed by atoms with Crippen molar-refractivity contribution in [1.29, 1.82) is 0 Å². The van der Waals surface area contributed by atoms with Gasteiger partial charge in [-0.2, -0.15) is 0 Å². The molecule has 0 N–H and O–H groups in total. The molecule has 0 heteroatoms. The van der Waals surface area contributed by atoms with E-state index in [1.165, 1.54) is 109 Å². The van der Waals surface area contributed by atoms with Crippen LogP contribution in [0.4, 0.5) is 0 Å². The Balaban J connectivity index is 3.18. The van der Waals surface area contributed by atoms with Crippen molar-refractivity contribution in [3.8, 4) is 0 Å². The third kappa shape index (κ3) is 16.6. The fraction of sp³-hybridized carbons (Fsp3) is 1.00. The molecule has 0 fully saturated rings. The first-order chi connectivity index (χ1) is 11.2. The smallest absolute Gasteiger partial charge is 0.0391 e. The van der Waals surface area contributed by atoms with Crippen LogP contribution >= 0.6 is 0 Å². The molecule has 0 saturated carbocycles. The molecule has 0 aromatic heterocycles. The molecule has 0 aromatic carbocycles. The average molecular weight is 325 g/mol. The van der Waals surface area contributed by atoms with Crippen molar-refractivity contribution in [2.24, 2.45) is 11.8 Å². The molecule has 0 spiro atoms. The zero-order chi connectivity index (χ0) is 17.2. The molecule has 1 unspecified atom stereocenters. The van der Waals surface area contributed by atoms with Crippen LogP contribution in [0.25, 0.3) is 0 Å². The molecule has 0 rings (SSSR count). The summed E-state index contributed by atoms with van der Waals surface area (Å²) in [5.41, 5.74) is 0. The lowest BCUT2D eigenvalue weighted by Crippen LogP contribution is -2.08. The highest BCUT2D eigenvalue weighted by atomic mass is 14.2. The Labute approximate surface area is 149 Å². The van der Waals surface area contributed by atoms with Crippen molar-refractivity contribution in [2.45, 2.75) is 137 Å². The van der Waals surface area contributed by atoms with Crippen molar-refractivity contribution in [3.05, 3.63) is 0 Å². The maximum Gasteiger partial charge on any atom is -0.0391 e. The average Bonchev–Trinajstić information content (AvgIpc) is 2.54. The lowest BCUT2D eigenvalue weighted by molar-refractivity contribution is 0.321. The second-order valence-electron chi connectivity index (χ2n) is 8.18. The van der Waals surface area contributed by atoms with Gasteiger partial charge in [0.2, 0.25) is 0 Å². The molecule has 1 atom stereocenters. The van der Waals surface area contributed by atoms with Gasteiger partial charge in [-0.05, 0) is 11.8 Å². The summed E-state index contributed by atoms with van der Waals surface area (Å²) in [5, 5.41) is 0. The molecule has 0 aliphatic heterocycles. The van der Waals surface area contributed by atoms with Crippen molar-refractivity contribution in [1.82, 2.24) is 0 Å². The van der Waals surface area contributed by atoms with Gasteiger partial charge in [0.05, 0.1) is 0 Å². The van der Waals surface area contributed by atoms with Gasteiger partial charge in [0.1, 0.15) is 0 Å². The summed E-state index contributed by atoms with van der Waals surface area (Å²) in [6, 6.07) is 0. The summed E-state index contributed by atoms with van der Waals surface area (Å²) in [5.74, 6) is 1.87. The van der Waals surface area contributed by atoms with Gasteiger partial charge in [0, 0.05) is 0 Å². The Bertz CT molecular complexity index is 206. The fourth-order valence-electron chi connectivity index (χ4n) is 3.78. The largest absolute Gasteiger partial charge is 0.0654 e. The Kier molecular flexibility index (Phi) is 18.3. The maximum absolute atomic E-state index is 2.41. The van der Waals surface area contributed by atoms with E-state index in [0.717, 1.165) is 11.8 Å². The van der Waals surface area contributed by atoms with Crippen molar-refractivity contribution >= 4 is 0 Å². The van der Waals surface area contributed by atoms with E-state index in [1.807, 2.05) is 0 Å². The second-order valence-corrected chi connectivity index (χ2v) is 8.18. The summed E-state index contributed by atoms with van der Waals surface area (Å²) in [6.45, 7) is 9.45. The van der Waals surface area contributed by atoms with E-state index in [-0.39, 0.29) is 0 Å². The second kappa shape index (κ2) is 18.3. The number of hydrogen-bond donors (Lipinski definition) is 0. The molecule has 0 aliphatic carbocycles. The summed E-state index contributed by atoms with van der Waals surface area (Å²) < 4.78 is 0. The molecule has 23 heavy (non-hydrogen) atoms. The first-order valence-corrected chi connectivity index (χ1v) is 11.2. The van der Waals surface area contributed by atoms with Crippen molar-refractivity contribution in [3.63, 3.8) is 0 Å². The van der Waals surface area contributed by atoms with E-state index >= 15 is 0 Å². The number of unbranched alkanes of at least 4 members (excludes halogenated alkanes) is 13. The van der Waals surface area contributed by atoms with Crippen LogP contribution < -0.4 is 0 Å². The SMILES string of the molecule is CCCCCCCCCCCCCCCCC(CCC)C(C)C. The standard InChI is InChI=1S/C23H48/c1-5-7-8-9-10-11-12-13-14-15-16-17-18-19-21-23(20-6-2)22(3)4/h22-23H,5-21H2,1-4H3. The van der Waals surface area contributed by atoms with Gasteiger partial charge in [-0.1, -0.05) is 137 Å². The van der Waals surface area contributed by atoms with Gasteiger partial charge in [-0.15, -0.1) is 0 Å².